The molecular weight excluding hydrogens is 349 g/mol. The fraction of sp³-hybridized carbons (Fsp3) is 0.238. The van der Waals surface area contributed by atoms with Crippen molar-refractivity contribution in [1.82, 2.24) is 9.97 Å². The van der Waals surface area contributed by atoms with Gasteiger partial charge in [-0.3, -0.25) is 0 Å². The van der Waals surface area contributed by atoms with E-state index in [4.69, 9.17) is 11.6 Å². The van der Waals surface area contributed by atoms with E-state index in [1.54, 1.807) is 12.1 Å². The first-order valence-corrected chi connectivity index (χ1v) is 9.13. The van der Waals surface area contributed by atoms with E-state index < -0.39 is 5.82 Å². The van der Waals surface area contributed by atoms with Crippen LogP contribution < -0.4 is 5.32 Å². The summed E-state index contributed by atoms with van der Waals surface area (Å²) in [6, 6.07) is 15.3. The highest BCUT2D eigenvalue weighted by atomic mass is 35.5. The fourth-order valence-electron chi connectivity index (χ4n) is 3.53. The van der Waals surface area contributed by atoms with Gasteiger partial charge in [0.1, 0.15) is 17.5 Å². The molecule has 1 heterocycles. The van der Waals surface area contributed by atoms with Gasteiger partial charge in [0.05, 0.1) is 16.8 Å². The van der Waals surface area contributed by atoms with Crippen molar-refractivity contribution in [3.63, 3.8) is 0 Å². The summed E-state index contributed by atoms with van der Waals surface area (Å²) in [4.78, 5) is 8.98. The van der Waals surface area contributed by atoms with Crippen LogP contribution in [0.5, 0.6) is 0 Å². The Balaban J connectivity index is 1.66. The van der Waals surface area contributed by atoms with Crippen LogP contribution in [-0.4, -0.2) is 9.97 Å². The Labute approximate surface area is 157 Å². The van der Waals surface area contributed by atoms with Crippen molar-refractivity contribution in [2.45, 2.75) is 32.2 Å². The number of hydrogen-bond donors (Lipinski definition) is 1. The third-order valence-electron chi connectivity index (χ3n) is 4.74. The Morgan fingerprint density at radius 3 is 2.81 bits per heavy atom. The lowest BCUT2D eigenvalue weighted by atomic mass is 9.88. The first kappa shape index (κ1) is 17.0. The number of rotatable bonds is 3. The molecule has 1 aliphatic rings. The minimum Gasteiger partial charge on any atom is -0.363 e. The average Bonchev–Trinajstić information content (AvgIpc) is 2.64. The lowest BCUT2D eigenvalue weighted by molar-refractivity contribution is 0.598. The average molecular weight is 368 g/mol. The standard InChI is InChI=1S/C21H19ClFN3/c1-13-24-20(15-9-10-17(22)18(23)11-15)12-21(25-13)26-19-8-4-6-14-5-2-3-7-16(14)19/h2-3,5,7,9-12,19H,4,6,8H2,1H3,(H,24,25,26)/t19-/m1/s1. The molecule has 1 atom stereocenters. The van der Waals surface area contributed by atoms with Crippen LogP contribution >= 0.6 is 11.6 Å². The van der Waals surface area contributed by atoms with Crippen molar-refractivity contribution in [2.24, 2.45) is 0 Å². The van der Waals surface area contributed by atoms with E-state index in [-0.39, 0.29) is 11.1 Å². The van der Waals surface area contributed by atoms with Crippen LogP contribution in [0.1, 0.15) is 35.8 Å². The maximum absolute atomic E-state index is 13.8. The molecule has 0 radical (unpaired) electrons. The minimum atomic E-state index is -0.448. The fourth-order valence-corrected chi connectivity index (χ4v) is 3.64. The monoisotopic (exact) mass is 367 g/mol. The second-order valence-corrected chi connectivity index (χ2v) is 7.01. The summed E-state index contributed by atoms with van der Waals surface area (Å²) in [5.74, 6) is 0.949. The number of anilines is 1. The zero-order valence-electron chi connectivity index (χ0n) is 14.5. The van der Waals surface area contributed by atoms with E-state index in [0.29, 0.717) is 17.1 Å². The van der Waals surface area contributed by atoms with Gasteiger partial charge in [0.2, 0.25) is 0 Å². The third kappa shape index (κ3) is 3.42. The van der Waals surface area contributed by atoms with Crippen LogP contribution in [-0.2, 0) is 6.42 Å². The smallest absolute Gasteiger partial charge is 0.142 e. The second kappa shape index (κ2) is 7.04. The maximum atomic E-state index is 13.8. The molecule has 0 unspecified atom stereocenters. The molecule has 2 aromatic carbocycles. The Kier molecular flexibility index (Phi) is 4.60. The number of hydrogen-bond acceptors (Lipinski definition) is 3. The normalized spacial score (nSPS) is 16.2. The predicted octanol–water partition coefficient (Wildman–Crippen LogP) is 5.73. The Morgan fingerprint density at radius 2 is 1.96 bits per heavy atom. The summed E-state index contributed by atoms with van der Waals surface area (Å²) in [7, 11) is 0. The lowest BCUT2D eigenvalue weighted by Gasteiger charge is -2.27. The minimum absolute atomic E-state index is 0.108. The molecule has 0 aliphatic heterocycles. The molecule has 3 aromatic rings. The molecule has 3 nitrogen and oxygen atoms in total. The van der Waals surface area contributed by atoms with Gasteiger partial charge in [0, 0.05) is 11.6 Å². The number of nitrogens with one attached hydrogen (secondary N) is 1. The first-order chi connectivity index (χ1) is 12.6. The predicted molar refractivity (Wildman–Crippen MR) is 103 cm³/mol. The van der Waals surface area contributed by atoms with Crippen molar-refractivity contribution in [2.75, 3.05) is 5.32 Å². The van der Waals surface area contributed by atoms with Crippen molar-refractivity contribution in [3.8, 4) is 11.3 Å². The molecule has 0 saturated carbocycles. The summed E-state index contributed by atoms with van der Waals surface area (Å²) in [6.07, 6.45) is 3.32. The molecule has 4 rings (SSSR count). The molecule has 1 aliphatic carbocycles. The summed E-state index contributed by atoms with van der Waals surface area (Å²) in [5, 5.41) is 3.65. The van der Waals surface area contributed by atoms with Gasteiger partial charge in [0.15, 0.2) is 0 Å². The van der Waals surface area contributed by atoms with Gasteiger partial charge in [0.25, 0.3) is 0 Å². The Hall–Kier alpha value is -2.46. The zero-order valence-corrected chi connectivity index (χ0v) is 15.2. The highest BCUT2D eigenvalue weighted by Gasteiger charge is 2.20. The van der Waals surface area contributed by atoms with Crippen molar-refractivity contribution in [1.29, 1.82) is 0 Å². The molecule has 0 fully saturated rings. The van der Waals surface area contributed by atoms with E-state index in [0.717, 1.165) is 25.1 Å². The summed E-state index contributed by atoms with van der Waals surface area (Å²) >= 11 is 5.79. The molecule has 132 valence electrons. The number of benzene rings is 2. The van der Waals surface area contributed by atoms with E-state index in [1.165, 1.54) is 17.2 Å². The largest absolute Gasteiger partial charge is 0.363 e. The van der Waals surface area contributed by atoms with Gasteiger partial charge in [-0.25, -0.2) is 14.4 Å². The third-order valence-corrected chi connectivity index (χ3v) is 5.05. The van der Waals surface area contributed by atoms with Crippen LogP contribution in [0.3, 0.4) is 0 Å². The molecule has 0 spiro atoms. The number of nitrogens with zero attached hydrogens (tertiary/aromatic N) is 2. The highest BCUT2D eigenvalue weighted by molar-refractivity contribution is 6.30. The van der Waals surface area contributed by atoms with E-state index in [9.17, 15) is 4.39 Å². The van der Waals surface area contributed by atoms with Crippen molar-refractivity contribution < 1.29 is 4.39 Å². The van der Waals surface area contributed by atoms with Crippen molar-refractivity contribution in [3.05, 3.63) is 76.3 Å². The topological polar surface area (TPSA) is 37.8 Å². The number of halogens is 2. The number of fused-ring (bicyclic) bond motifs is 1. The van der Waals surface area contributed by atoms with Crippen molar-refractivity contribution >= 4 is 17.4 Å². The molecule has 1 N–H and O–H groups in total. The van der Waals surface area contributed by atoms with E-state index in [2.05, 4.69) is 39.6 Å². The molecule has 0 amide bonds. The number of aryl methyl sites for hydroxylation is 2. The van der Waals surface area contributed by atoms with E-state index >= 15 is 0 Å². The van der Waals surface area contributed by atoms with Crippen LogP contribution in [0, 0.1) is 12.7 Å². The van der Waals surface area contributed by atoms with Gasteiger partial charge in [-0.2, -0.15) is 0 Å². The molecule has 0 bridgehead atoms. The first-order valence-electron chi connectivity index (χ1n) is 8.75. The maximum Gasteiger partial charge on any atom is 0.142 e. The SMILES string of the molecule is Cc1nc(N[C@@H]2CCCc3ccccc32)cc(-c2ccc(Cl)c(F)c2)n1. The quantitative estimate of drug-likeness (QED) is 0.642. The molecule has 26 heavy (non-hydrogen) atoms. The van der Waals surface area contributed by atoms with Gasteiger partial charge in [-0.15, -0.1) is 0 Å². The Morgan fingerprint density at radius 1 is 1.12 bits per heavy atom. The van der Waals surface area contributed by atoms with Gasteiger partial charge in [-0.05, 0) is 49.4 Å². The molecule has 0 saturated heterocycles. The molecule has 1 aromatic heterocycles. The van der Waals surface area contributed by atoms with Crippen LogP contribution in [0.15, 0.2) is 48.5 Å². The molecule has 5 heteroatoms. The lowest BCUT2D eigenvalue weighted by Crippen LogP contribution is -2.18. The van der Waals surface area contributed by atoms with Crippen LogP contribution in [0.25, 0.3) is 11.3 Å². The van der Waals surface area contributed by atoms with Crippen LogP contribution in [0.4, 0.5) is 10.2 Å². The molecular formula is C21H19ClFN3. The Bertz CT molecular complexity index is 958. The van der Waals surface area contributed by atoms with E-state index in [1.807, 2.05) is 13.0 Å². The zero-order chi connectivity index (χ0) is 18.1. The summed E-state index contributed by atoms with van der Waals surface area (Å²) in [5.41, 5.74) is 4.08. The van der Waals surface area contributed by atoms with Gasteiger partial charge >= 0.3 is 0 Å². The highest BCUT2D eigenvalue weighted by Crippen LogP contribution is 2.33. The number of aromatic nitrogens is 2. The van der Waals surface area contributed by atoms with Gasteiger partial charge in [-0.1, -0.05) is 41.9 Å². The van der Waals surface area contributed by atoms with Gasteiger partial charge < -0.3 is 5.32 Å². The van der Waals surface area contributed by atoms with Crippen LogP contribution in [0.2, 0.25) is 5.02 Å². The summed E-state index contributed by atoms with van der Waals surface area (Å²) in [6.45, 7) is 1.84. The second-order valence-electron chi connectivity index (χ2n) is 6.60. The summed E-state index contributed by atoms with van der Waals surface area (Å²) < 4.78 is 13.8.